The Morgan fingerprint density at radius 3 is 2.64 bits per heavy atom. The summed E-state index contributed by atoms with van der Waals surface area (Å²) in [6.45, 7) is 3.49. The van der Waals surface area contributed by atoms with E-state index in [1.54, 1.807) is 4.44 Å². The van der Waals surface area contributed by atoms with E-state index in [-0.39, 0.29) is 0 Å². The fraction of sp³-hybridized carbons (Fsp3) is 0.333. The van der Waals surface area contributed by atoms with E-state index in [4.69, 9.17) is 0 Å². The van der Waals surface area contributed by atoms with Gasteiger partial charge in [-0.2, -0.15) is 0 Å². The van der Waals surface area contributed by atoms with Crippen LogP contribution in [0.2, 0.25) is 0 Å². The fourth-order valence-corrected chi connectivity index (χ4v) is 2.20. The molecule has 0 aromatic heterocycles. The topological polar surface area (TPSA) is 3.24 Å². The highest BCUT2D eigenvalue weighted by Crippen LogP contribution is 2.11. The molecule has 0 aliphatic carbocycles. The van der Waals surface area contributed by atoms with Crippen molar-refractivity contribution in [3.8, 4) is 0 Å². The molecule has 0 radical (unpaired) electrons. The average Bonchev–Trinajstić information content (AvgIpc) is 2.23. The van der Waals surface area contributed by atoms with Gasteiger partial charge in [-0.3, -0.25) is 4.90 Å². The zero-order valence-corrected chi connectivity index (χ0v) is 10.7. The van der Waals surface area contributed by atoms with Crippen LogP contribution in [-0.2, 0) is 6.54 Å². The summed E-state index contributed by atoms with van der Waals surface area (Å²) in [5.41, 5.74) is 1.43. The van der Waals surface area contributed by atoms with E-state index in [0.29, 0.717) is 0 Å². The minimum atomic E-state index is 1.10. The lowest BCUT2D eigenvalue weighted by Gasteiger charge is -2.25. The molecule has 14 heavy (non-hydrogen) atoms. The van der Waals surface area contributed by atoms with E-state index in [2.05, 4.69) is 41.3 Å². The van der Waals surface area contributed by atoms with Crippen molar-refractivity contribution in [1.82, 2.24) is 4.90 Å². The number of hydrogen-bond donors (Lipinski definition) is 0. The first-order valence-corrected chi connectivity index (χ1v) is 6.26. The van der Waals surface area contributed by atoms with Gasteiger partial charge < -0.3 is 0 Å². The molecule has 72 valence electrons. The van der Waals surface area contributed by atoms with Crippen molar-refractivity contribution in [2.75, 3.05) is 13.1 Å². The largest absolute Gasteiger partial charge is 0.295 e. The first-order chi connectivity index (χ1) is 6.84. The highest BCUT2D eigenvalue weighted by atomic mass is 27.0. The third-order valence-electron chi connectivity index (χ3n) is 2.77. The van der Waals surface area contributed by atoms with E-state index < -0.39 is 0 Å². The van der Waals surface area contributed by atoms with Crippen LogP contribution in [0.5, 0.6) is 0 Å². The average molecular weight is 201 g/mol. The number of benzene rings is 1. The Morgan fingerprint density at radius 2 is 2.00 bits per heavy atom. The van der Waals surface area contributed by atoms with Gasteiger partial charge in [0.2, 0.25) is 0 Å². The Kier molecular flexibility index (Phi) is 3.42. The Bertz CT molecular complexity index is 318. The lowest BCUT2D eigenvalue weighted by atomic mass is 10.2. The highest BCUT2D eigenvalue weighted by molar-refractivity contribution is 6.21. The van der Waals surface area contributed by atoms with Crippen LogP contribution < -0.4 is 0 Å². The molecule has 1 aliphatic rings. The summed E-state index contributed by atoms with van der Waals surface area (Å²) in [6.07, 6.45) is 3.69. The van der Waals surface area contributed by atoms with Crippen LogP contribution in [0, 0.1) is 0 Å². The molecular weight excluding hydrogens is 185 g/mol. The van der Waals surface area contributed by atoms with Crippen molar-refractivity contribution in [1.29, 1.82) is 0 Å². The Labute approximate surface area is 93.8 Å². The normalized spacial score (nSPS) is 17.9. The molecule has 1 nitrogen and oxygen atoms in total. The predicted octanol–water partition coefficient (Wildman–Crippen LogP) is 1.41. The second kappa shape index (κ2) is 4.80. The molecule has 0 amide bonds. The number of rotatable bonds is 2. The van der Waals surface area contributed by atoms with Crippen molar-refractivity contribution in [2.24, 2.45) is 0 Å². The number of hydrogen-bond acceptors (Lipinski definition) is 1. The fourth-order valence-electron chi connectivity index (χ4n) is 1.80. The molecule has 1 heterocycles. The first-order valence-electron chi connectivity index (χ1n) is 5.26. The second-order valence-corrected chi connectivity index (χ2v) is 5.31. The lowest BCUT2D eigenvalue weighted by Crippen LogP contribution is -2.28. The van der Waals surface area contributed by atoms with Crippen LogP contribution in [0.4, 0.5) is 0 Å². The maximum Gasteiger partial charge on any atom is 0.251 e. The van der Waals surface area contributed by atoms with Gasteiger partial charge in [0.1, 0.15) is 0 Å². The van der Waals surface area contributed by atoms with E-state index in [1.807, 2.05) is 0 Å². The zero-order valence-electron chi connectivity index (χ0n) is 8.74. The summed E-state index contributed by atoms with van der Waals surface area (Å²) >= 11 is 1.25. The van der Waals surface area contributed by atoms with E-state index in [0.717, 1.165) is 13.1 Å². The van der Waals surface area contributed by atoms with Crippen molar-refractivity contribution in [3.63, 3.8) is 0 Å². The van der Waals surface area contributed by atoms with E-state index in [1.165, 1.54) is 34.8 Å². The molecule has 1 aromatic carbocycles. The molecule has 0 spiro atoms. The molecular formula is C12H16AlN. The van der Waals surface area contributed by atoms with Crippen molar-refractivity contribution >= 4 is 16.3 Å². The van der Waals surface area contributed by atoms with Crippen LogP contribution in [0.15, 0.2) is 40.8 Å². The monoisotopic (exact) mass is 201 g/mol. The zero-order chi connectivity index (χ0) is 9.80. The summed E-state index contributed by atoms with van der Waals surface area (Å²) in [5.74, 6) is 0. The standard InChI is InChI=1S/C12H14N.Al.2H/c1-3-7-12(8-4-1)11-13-9-5-2-6-10-13;;;/h1,3-5,7-8H,6,9-11H2;;;. The van der Waals surface area contributed by atoms with Gasteiger partial charge in [-0.25, -0.2) is 0 Å². The molecule has 1 aliphatic heterocycles. The van der Waals surface area contributed by atoms with Gasteiger partial charge in [0.25, 0.3) is 16.3 Å². The summed E-state index contributed by atoms with van der Waals surface area (Å²) < 4.78 is 1.68. The molecule has 0 saturated heterocycles. The lowest BCUT2D eigenvalue weighted by molar-refractivity contribution is 0.289. The minimum Gasteiger partial charge on any atom is -0.295 e. The third-order valence-corrected chi connectivity index (χ3v) is 3.68. The maximum absolute atomic E-state index is 2.51. The molecule has 0 unspecified atom stereocenters. The van der Waals surface area contributed by atoms with Crippen LogP contribution in [0.3, 0.4) is 0 Å². The van der Waals surface area contributed by atoms with Crippen LogP contribution in [0.25, 0.3) is 0 Å². The number of nitrogens with zero attached hydrogens (tertiary/aromatic N) is 1. The molecule has 0 atom stereocenters. The molecule has 0 fully saturated rings. The van der Waals surface area contributed by atoms with Crippen molar-refractivity contribution in [2.45, 2.75) is 13.0 Å². The first kappa shape index (κ1) is 9.99. The second-order valence-electron chi connectivity index (χ2n) is 4.02. The molecule has 0 N–H and O–H groups in total. The van der Waals surface area contributed by atoms with Gasteiger partial charge in [-0.15, -0.1) is 4.44 Å². The summed E-state index contributed by atoms with van der Waals surface area (Å²) in [6, 6.07) is 10.7. The SMILES string of the molecule is [AlH2][C]1=CCN(Cc2ccccc2)CC1. The highest BCUT2D eigenvalue weighted by Gasteiger charge is 2.08. The Morgan fingerprint density at radius 1 is 1.21 bits per heavy atom. The predicted molar refractivity (Wildman–Crippen MR) is 63.0 cm³/mol. The van der Waals surface area contributed by atoms with Crippen LogP contribution in [-0.4, -0.2) is 34.3 Å². The van der Waals surface area contributed by atoms with Gasteiger partial charge in [0.05, 0.1) is 0 Å². The molecule has 2 heteroatoms. The van der Waals surface area contributed by atoms with Crippen LogP contribution in [0.1, 0.15) is 12.0 Å². The smallest absolute Gasteiger partial charge is 0.251 e. The van der Waals surface area contributed by atoms with Gasteiger partial charge in [-0.05, 0) is 12.0 Å². The van der Waals surface area contributed by atoms with E-state index in [9.17, 15) is 0 Å². The maximum atomic E-state index is 2.51. The van der Waals surface area contributed by atoms with Crippen molar-refractivity contribution < 1.29 is 0 Å². The van der Waals surface area contributed by atoms with Gasteiger partial charge >= 0.3 is 0 Å². The third kappa shape index (κ3) is 2.72. The molecule has 0 saturated carbocycles. The van der Waals surface area contributed by atoms with Gasteiger partial charge in [0, 0.05) is 19.6 Å². The van der Waals surface area contributed by atoms with Crippen molar-refractivity contribution in [3.05, 3.63) is 46.4 Å². The van der Waals surface area contributed by atoms with E-state index >= 15 is 0 Å². The Balaban J connectivity index is 1.93. The minimum absolute atomic E-state index is 1.10. The Hall–Kier alpha value is -0.548. The van der Waals surface area contributed by atoms with Crippen LogP contribution >= 0.6 is 0 Å². The van der Waals surface area contributed by atoms with Gasteiger partial charge in [-0.1, -0.05) is 36.4 Å². The van der Waals surface area contributed by atoms with Gasteiger partial charge in [0.15, 0.2) is 0 Å². The summed E-state index contributed by atoms with van der Waals surface area (Å²) in [7, 11) is 0. The molecule has 2 rings (SSSR count). The molecule has 0 bridgehead atoms. The quantitative estimate of drug-likeness (QED) is 0.654. The summed E-state index contributed by atoms with van der Waals surface area (Å²) in [5, 5.41) is 0. The molecule has 1 aromatic rings. The summed E-state index contributed by atoms with van der Waals surface area (Å²) in [4.78, 5) is 2.51.